The third-order valence-electron chi connectivity index (χ3n) is 2.45. The molecule has 0 saturated heterocycles. The summed E-state index contributed by atoms with van der Waals surface area (Å²) in [5, 5.41) is 17.0. The predicted octanol–water partition coefficient (Wildman–Crippen LogP) is 2.57. The Balaban J connectivity index is 3.33. The number of hydrogen-bond donors (Lipinski definition) is 2. The molecule has 0 heterocycles. The van der Waals surface area contributed by atoms with Crippen molar-refractivity contribution in [1.29, 1.82) is 0 Å². The zero-order valence-corrected chi connectivity index (χ0v) is 11.3. The second kappa shape index (κ2) is 6.31. The topological polar surface area (TPSA) is 83.8 Å². The minimum Gasteiger partial charge on any atom is -0.479 e. The Labute approximate surface area is 121 Å². The average molecular weight is 327 g/mol. The van der Waals surface area contributed by atoms with Crippen LogP contribution in [0.1, 0.15) is 29.5 Å². The number of aliphatic hydroxyl groups is 1. The first-order valence-electron chi connectivity index (χ1n) is 5.48. The van der Waals surface area contributed by atoms with Crippen LogP contribution < -0.4 is 4.74 Å². The van der Waals surface area contributed by atoms with Crippen molar-refractivity contribution in [2.75, 3.05) is 0 Å². The van der Waals surface area contributed by atoms with Gasteiger partial charge in [0.2, 0.25) is 0 Å². The van der Waals surface area contributed by atoms with E-state index in [9.17, 15) is 27.9 Å². The van der Waals surface area contributed by atoms with Gasteiger partial charge >= 0.3 is 12.3 Å². The summed E-state index contributed by atoms with van der Waals surface area (Å²) in [7, 11) is 0. The van der Waals surface area contributed by atoms with E-state index in [0.29, 0.717) is 6.07 Å². The highest BCUT2D eigenvalue weighted by atomic mass is 35.5. The fraction of sp³-hybridized carbons (Fsp3) is 0.333. The average Bonchev–Trinajstić information content (AvgIpc) is 2.34. The van der Waals surface area contributed by atoms with Crippen LogP contribution in [0, 0.1) is 0 Å². The van der Waals surface area contributed by atoms with Crippen molar-refractivity contribution in [3.8, 4) is 5.75 Å². The third kappa shape index (κ3) is 4.61. The number of aliphatic carboxylic acids is 1. The van der Waals surface area contributed by atoms with E-state index >= 15 is 0 Å². The van der Waals surface area contributed by atoms with E-state index in [1.54, 1.807) is 0 Å². The summed E-state index contributed by atoms with van der Waals surface area (Å²) < 4.78 is 40.1. The largest absolute Gasteiger partial charge is 0.573 e. The number of benzene rings is 1. The molecule has 116 valence electrons. The van der Waals surface area contributed by atoms with Crippen LogP contribution in [0.4, 0.5) is 13.2 Å². The van der Waals surface area contributed by atoms with Crippen molar-refractivity contribution in [2.45, 2.75) is 24.8 Å². The van der Waals surface area contributed by atoms with E-state index in [1.165, 1.54) is 0 Å². The summed E-state index contributed by atoms with van der Waals surface area (Å²) in [6.07, 6.45) is -7.12. The number of carboxylic acids is 1. The van der Waals surface area contributed by atoms with Gasteiger partial charge in [0.05, 0.1) is 0 Å². The molecule has 0 aliphatic heterocycles. The lowest BCUT2D eigenvalue weighted by atomic mass is 9.97. The van der Waals surface area contributed by atoms with Gasteiger partial charge in [0.25, 0.3) is 0 Å². The summed E-state index contributed by atoms with van der Waals surface area (Å²) in [6.45, 7) is 1.12. The highest BCUT2D eigenvalue weighted by molar-refractivity contribution is 6.31. The first-order chi connectivity index (χ1) is 9.53. The number of Topliss-reactive ketones (excluding diaryl/α,β-unsaturated/α-hetero) is 1. The number of carbonyl (C=O) groups excluding carboxylic acids is 1. The molecule has 0 spiro atoms. The first-order valence-corrected chi connectivity index (χ1v) is 5.91. The highest BCUT2D eigenvalue weighted by Gasteiger charge is 2.32. The molecule has 5 nitrogen and oxygen atoms in total. The normalized spacial score (nSPS) is 14.4. The number of ether oxygens (including phenoxy) is 1. The minimum atomic E-state index is -4.98. The number of hydrogen-bond acceptors (Lipinski definition) is 4. The zero-order chi connectivity index (χ0) is 16.4. The fourth-order valence-corrected chi connectivity index (χ4v) is 1.77. The van der Waals surface area contributed by atoms with E-state index in [1.807, 2.05) is 0 Å². The summed E-state index contributed by atoms with van der Waals surface area (Å²) in [4.78, 5) is 22.0. The molecule has 0 aromatic heterocycles. The van der Waals surface area contributed by atoms with E-state index in [2.05, 4.69) is 4.74 Å². The molecule has 0 aliphatic rings. The quantitative estimate of drug-likeness (QED) is 0.812. The molecule has 0 radical (unpaired) electrons. The zero-order valence-electron chi connectivity index (χ0n) is 10.5. The number of alkyl halides is 4. The van der Waals surface area contributed by atoms with E-state index in [-0.39, 0.29) is 5.56 Å². The Morgan fingerprint density at radius 1 is 1.29 bits per heavy atom. The molecule has 0 amide bonds. The number of ketones is 1. The third-order valence-corrected chi connectivity index (χ3v) is 2.99. The van der Waals surface area contributed by atoms with Crippen molar-refractivity contribution in [3.63, 3.8) is 0 Å². The molecule has 0 saturated carbocycles. The lowest BCUT2D eigenvalue weighted by molar-refractivity contribution is -0.274. The van der Waals surface area contributed by atoms with Gasteiger partial charge in [-0.1, -0.05) is 6.07 Å². The van der Waals surface area contributed by atoms with Crippen molar-refractivity contribution in [3.05, 3.63) is 29.3 Å². The van der Waals surface area contributed by atoms with Gasteiger partial charge in [-0.15, -0.1) is 24.8 Å². The van der Waals surface area contributed by atoms with E-state index < -0.39 is 40.9 Å². The van der Waals surface area contributed by atoms with Crippen LogP contribution in [0.5, 0.6) is 5.75 Å². The van der Waals surface area contributed by atoms with Crippen LogP contribution in [0.15, 0.2) is 18.2 Å². The standard InChI is InChI=1S/C12H10ClF3O5/c1-5(17)9(13)7-3-2-6(21-12(14,15)16)4-8(7)10(18)11(19)20/h2-4,9-10,18H,1H3,(H,19,20). The molecule has 0 fully saturated rings. The fourth-order valence-electron chi connectivity index (χ4n) is 1.57. The maximum Gasteiger partial charge on any atom is 0.573 e. The number of halogens is 4. The van der Waals surface area contributed by atoms with Crippen molar-refractivity contribution in [2.24, 2.45) is 0 Å². The molecule has 1 aromatic rings. The molecule has 1 rings (SSSR count). The summed E-state index contributed by atoms with van der Waals surface area (Å²) in [5.74, 6) is -2.98. The van der Waals surface area contributed by atoms with Crippen LogP contribution in [-0.2, 0) is 9.59 Å². The molecular weight excluding hydrogens is 317 g/mol. The van der Waals surface area contributed by atoms with Crippen LogP contribution >= 0.6 is 11.6 Å². The number of carbonyl (C=O) groups is 2. The molecule has 9 heteroatoms. The van der Waals surface area contributed by atoms with Crippen molar-refractivity contribution in [1.82, 2.24) is 0 Å². The van der Waals surface area contributed by atoms with Gasteiger partial charge in [-0.25, -0.2) is 4.79 Å². The lowest BCUT2D eigenvalue weighted by Crippen LogP contribution is -2.19. The summed E-state index contributed by atoms with van der Waals surface area (Å²) >= 11 is 5.76. The number of carboxylic acid groups (broad SMARTS) is 1. The van der Waals surface area contributed by atoms with Crippen molar-refractivity contribution >= 4 is 23.4 Å². The Bertz CT molecular complexity index is 558. The van der Waals surface area contributed by atoms with E-state index in [4.69, 9.17) is 16.7 Å². The minimum absolute atomic E-state index is 0.103. The van der Waals surface area contributed by atoms with Gasteiger partial charge in [-0.05, 0) is 24.6 Å². The van der Waals surface area contributed by atoms with Gasteiger partial charge in [-0.2, -0.15) is 0 Å². The van der Waals surface area contributed by atoms with Gasteiger partial charge < -0.3 is 14.9 Å². The molecule has 2 unspecified atom stereocenters. The van der Waals surface area contributed by atoms with Crippen LogP contribution in [0.25, 0.3) is 0 Å². The summed E-state index contributed by atoms with van der Waals surface area (Å²) in [5.41, 5.74) is -0.548. The van der Waals surface area contributed by atoms with Gasteiger partial charge in [0, 0.05) is 5.56 Å². The number of aliphatic hydroxyl groups excluding tert-OH is 1. The van der Waals surface area contributed by atoms with Gasteiger partial charge in [0.15, 0.2) is 11.9 Å². The van der Waals surface area contributed by atoms with Crippen LogP contribution in [0.3, 0.4) is 0 Å². The molecule has 1 aromatic carbocycles. The maximum absolute atomic E-state index is 12.1. The monoisotopic (exact) mass is 326 g/mol. The molecule has 0 bridgehead atoms. The molecule has 2 atom stereocenters. The molecule has 0 aliphatic carbocycles. The van der Waals surface area contributed by atoms with Crippen molar-refractivity contribution < 1.29 is 37.7 Å². The Morgan fingerprint density at radius 2 is 1.86 bits per heavy atom. The summed E-state index contributed by atoms with van der Waals surface area (Å²) in [6, 6.07) is 2.56. The molecule has 21 heavy (non-hydrogen) atoms. The predicted molar refractivity (Wildman–Crippen MR) is 65.0 cm³/mol. The first kappa shape index (κ1) is 17.3. The Kier molecular flexibility index (Phi) is 5.19. The smallest absolute Gasteiger partial charge is 0.479 e. The van der Waals surface area contributed by atoms with Gasteiger partial charge in [0.1, 0.15) is 11.1 Å². The Morgan fingerprint density at radius 3 is 2.29 bits per heavy atom. The van der Waals surface area contributed by atoms with Crippen LogP contribution in [0.2, 0.25) is 0 Å². The van der Waals surface area contributed by atoms with Gasteiger partial charge in [-0.3, -0.25) is 4.79 Å². The second-order valence-electron chi connectivity index (χ2n) is 4.05. The molecule has 2 N–H and O–H groups in total. The highest BCUT2D eigenvalue weighted by Crippen LogP contribution is 2.33. The molecular formula is C12H10ClF3O5. The lowest BCUT2D eigenvalue weighted by Gasteiger charge is -2.17. The van der Waals surface area contributed by atoms with Crippen LogP contribution in [-0.4, -0.2) is 28.3 Å². The SMILES string of the molecule is CC(=O)C(Cl)c1ccc(OC(F)(F)F)cc1C(O)C(=O)O. The second-order valence-corrected chi connectivity index (χ2v) is 4.49. The maximum atomic E-state index is 12.1. The van der Waals surface area contributed by atoms with E-state index in [0.717, 1.165) is 19.1 Å². The number of rotatable bonds is 5. The Hall–Kier alpha value is -1.80.